The first-order valence-electron chi connectivity index (χ1n) is 7.15. The van der Waals surface area contributed by atoms with Crippen LogP contribution in [0.2, 0.25) is 5.02 Å². The van der Waals surface area contributed by atoms with Gasteiger partial charge in [-0.25, -0.2) is 0 Å². The predicted molar refractivity (Wildman–Crippen MR) is 86.9 cm³/mol. The summed E-state index contributed by atoms with van der Waals surface area (Å²) in [4.78, 5) is 4.59. The number of ether oxygens (including phenoxy) is 1. The number of nitrogens with one attached hydrogen (secondary N) is 1. The quantitative estimate of drug-likeness (QED) is 0.874. The molecule has 1 aromatic heterocycles. The number of hydrogen-bond donors (Lipinski definition) is 1. The van der Waals surface area contributed by atoms with Crippen molar-refractivity contribution in [2.75, 3.05) is 6.54 Å². The summed E-state index contributed by atoms with van der Waals surface area (Å²) >= 11 is 6.03. The van der Waals surface area contributed by atoms with E-state index in [0.29, 0.717) is 6.61 Å². The molecule has 2 aromatic rings. The second-order valence-corrected chi connectivity index (χ2v) is 5.49. The van der Waals surface area contributed by atoms with E-state index in [9.17, 15) is 0 Å². The first kappa shape index (κ1) is 15.8. The van der Waals surface area contributed by atoms with Crippen molar-refractivity contribution in [1.82, 2.24) is 10.3 Å². The Morgan fingerprint density at radius 2 is 1.81 bits per heavy atom. The molecule has 0 radical (unpaired) electrons. The second-order valence-electron chi connectivity index (χ2n) is 5.06. The number of halogens is 1. The minimum Gasteiger partial charge on any atom is -0.487 e. The molecule has 0 aliphatic rings. The Balaban J connectivity index is 2.06. The zero-order valence-electron chi connectivity index (χ0n) is 12.7. The van der Waals surface area contributed by atoms with E-state index in [2.05, 4.69) is 17.2 Å². The third-order valence-corrected chi connectivity index (χ3v) is 3.43. The normalized spacial score (nSPS) is 10.7. The second kappa shape index (κ2) is 7.43. The van der Waals surface area contributed by atoms with Gasteiger partial charge in [0.25, 0.3) is 0 Å². The van der Waals surface area contributed by atoms with E-state index < -0.39 is 0 Å². The number of rotatable bonds is 6. The number of pyridine rings is 1. The molecule has 0 aliphatic heterocycles. The molecule has 0 fully saturated rings. The maximum atomic E-state index is 6.03. The highest BCUT2D eigenvalue weighted by atomic mass is 35.5. The van der Waals surface area contributed by atoms with Crippen LogP contribution < -0.4 is 10.1 Å². The van der Waals surface area contributed by atoms with E-state index in [4.69, 9.17) is 16.3 Å². The molecule has 0 aliphatic carbocycles. The van der Waals surface area contributed by atoms with Gasteiger partial charge in [-0.1, -0.05) is 24.6 Å². The summed E-state index contributed by atoms with van der Waals surface area (Å²) in [5, 5.41) is 4.01. The van der Waals surface area contributed by atoms with Gasteiger partial charge in [0.2, 0.25) is 0 Å². The lowest BCUT2D eigenvalue weighted by Gasteiger charge is -2.13. The van der Waals surface area contributed by atoms with Crippen molar-refractivity contribution in [3.05, 3.63) is 57.9 Å². The Morgan fingerprint density at radius 3 is 2.48 bits per heavy atom. The molecule has 2 rings (SSSR count). The summed E-state index contributed by atoms with van der Waals surface area (Å²) in [6.07, 6.45) is 0. The monoisotopic (exact) mass is 304 g/mol. The maximum absolute atomic E-state index is 6.03. The van der Waals surface area contributed by atoms with E-state index in [-0.39, 0.29) is 0 Å². The Kier molecular flexibility index (Phi) is 5.59. The molecular weight excluding hydrogens is 284 g/mol. The van der Waals surface area contributed by atoms with Crippen LogP contribution in [0.15, 0.2) is 30.3 Å². The van der Waals surface area contributed by atoms with E-state index >= 15 is 0 Å². The molecule has 3 nitrogen and oxygen atoms in total. The largest absolute Gasteiger partial charge is 0.487 e. The van der Waals surface area contributed by atoms with Crippen LogP contribution >= 0.6 is 11.6 Å². The van der Waals surface area contributed by atoms with Crippen LogP contribution in [0.1, 0.15) is 29.4 Å². The highest BCUT2D eigenvalue weighted by Gasteiger charge is 2.07. The molecule has 0 saturated heterocycles. The molecule has 0 atom stereocenters. The van der Waals surface area contributed by atoms with Gasteiger partial charge in [-0.2, -0.15) is 0 Å². The third-order valence-electron chi connectivity index (χ3n) is 3.21. The Morgan fingerprint density at radius 1 is 1.14 bits per heavy atom. The standard InChI is InChI=1S/C17H21ClN2O/c1-4-19-10-15-6-5-7-16(20-15)11-21-17-12(2)8-14(18)9-13(17)3/h5-9,19H,4,10-11H2,1-3H3. The SMILES string of the molecule is CCNCc1cccc(COc2c(C)cc(Cl)cc2C)n1. The summed E-state index contributed by atoms with van der Waals surface area (Å²) in [6.45, 7) is 8.27. The first-order valence-corrected chi connectivity index (χ1v) is 7.53. The average molecular weight is 305 g/mol. The summed E-state index contributed by atoms with van der Waals surface area (Å²) in [6, 6.07) is 9.85. The number of hydrogen-bond acceptors (Lipinski definition) is 3. The number of nitrogens with zero attached hydrogens (tertiary/aromatic N) is 1. The summed E-state index contributed by atoms with van der Waals surface area (Å²) in [5.74, 6) is 0.887. The highest BCUT2D eigenvalue weighted by Crippen LogP contribution is 2.27. The fourth-order valence-electron chi connectivity index (χ4n) is 2.23. The predicted octanol–water partition coefficient (Wildman–Crippen LogP) is 4.04. The zero-order chi connectivity index (χ0) is 15.2. The molecular formula is C17H21ClN2O. The van der Waals surface area contributed by atoms with Crippen molar-refractivity contribution < 1.29 is 4.74 Å². The van der Waals surface area contributed by atoms with Crippen LogP contribution in [0.25, 0.3) is 0 Å². The van der Waals surface area contributed by atoms with Crippen molar-refractivity contribution in [1.29, 1.82) is 0 Å². The molecule has 1 N–H and O–H groups in total. The van der Waals surface area contributed by atoms with Crippen LogP contribution in [0.4, 0.5) is 0 Å². The van der Waals surface area contributed by atoms with Crippen LogP contribution in [0.5, 0.6) is 5.75 Å². The number of aromatic nitrogens is 1. The van der Waals surface area contributed by atoms with Crippen LogP contribution in [-0.4, -0.2) is 11.5 Å². The molecule has 112 valence electrons. The number of benzene rings is 1. The van der Waals surface area contributed by atoms with Gasteiger partial charge >= 0.3 is 0 Å². The van der Waals surface area contributed by atoms with Crippen molar-refractivity contribution in [3.63, 3.8) is 0 Å². The smallest absolute Gasteiger partial charge is 0.130 e. The van der Waals surface area contributed by atoms with Crippen LogP contribution in [-0.2, 0) is 13.2 Å². The molecule has 0 bridgehead atoms. The molecule has 21 heavy (non-hydrogen) atoms. The summed E-state index contributed by atoms with van der Waals surface area (Å²) in [5.41, 5.74) is 4.05. The van der Waals surface area contributed by atoms with Crippen molar-refractivity contribution in [3.8, 4) is 5.75 Å². The van der Waals surface area contributed by atoms with Gasteiger partial charge in [0, 0.05) is 11.6 Å². The summed E-state index contributed by atoms with van der Waals surface area (Å²) in [7, 11) is 0. The van der Waals surface area contributed by atoms with E-state index in [1.165, 1.54) is 0 Å². The van der Waals surface area contributed by atoms with E-state index in [1.54, 1.807) is 0 Å². The average Bonchev–Trinajstić information content (AvgIpc) is 2.44. The molecule has 4 heteroatoms. The fourth-order valence-corrected chi connectivity index (χ4v) is 2.56. The van der Waals surface area contributed by atoms with Gasteiger partial charge in [0.05, 0.1) is 11.4 Å². The lowest BCUT2D eigenvalue weighted by Crippen LogP contribution is -2.13. The zero-order valence-corrected chi connectivity index (χ0v) is 13.5. The molecule has 0 saturated carbocycles. The lowest BCUT2D eigenvalue weighted by molar-refractivity contribution is 0.297. The van der Waals surface area contributed by atoms with E-state index in [0.717, 1.165) is 46.4 Å². The van der Waals surface area contributed by atoms with Crippen molar-refractivity contribution in [2.24, 2.45) is 0 Å². The van der Waals surface area contributed by atoms with Gasteiger partial charge in [0.15, 0.2) is 0 Å². The minimum absolute atomic E-state index is 0.462. The summed E-state index contributed by atoms with van der Waals surface area (Å²) < 4.78 is 5.93. The van der Waals surface area contributed by atoms with Crippen LogP contribution in [0, 0.1) is 13.8 Å². The maximum Gasteiger partial charge on any atom is 0.130 e. The minimum atomic E-state index is 0.462. The van der Waals surface area contributed by atoms with Crippen LogP contribution in [0.3, 0.4) is 0 Å². The van der Waals surface area contributed by atoms with Crippen molar-refractivity contribution >= 4 is 11.6 Å². The first-order chi connectivity index (χ1) is 10.1. The van der Waals surface area contributed by atoms with Gasteiger partial charge < -0.3 is 10.1 Å². The molecule has 1 aromatic carbocycles. The Bertz CT molecular complexity index is 590. The molecule has 0 unspecified atom stereocenters. The van der Waals surface area contributed by atoms with Crippen molar-refractivity contribution in [2.45, 2.75) is 33.9 Å². The molecule has 0 amide bonds. The fraction of sp³-hybridized carbons (Fsp3) is 0.353. The van der Waals surface area contributed by atoms with Gasteiger partial charge in [0.1, 0.15) is 12.4 Å². The number of aryl methyl sites for hydroxylation is 2. The molecule has 1 heterocycles. The molecule has 0 spiro atoms. The third kappa shape index (κ3) is 4.45. The van der Waals surface area contributed by atoms with Gasteiger partial charge in [-0.15, -0.1) is 0 Å². The van der Waals surface area contributed by atoms with Gasteiger partial charge in [-0.3, -0.25) is 4.98 Å². The van der Waals surface area contributed by atoms with E-state index in [1.807, 2.05) is 44.2 Å². The van der Waals surface area contributed by atoms with Gasteiger partial charge in [-0.05, 0) is 55.8 Å². The lowest BCUT2D eigenvalue weighted by atomic mass is 10.1. The highest BCUT2D eigenvalue weighted by molar-refractivity contribution is 6.30. The Labute approximate surface area is 131 Å². The topological polar surface area (TPSA) is 34.1 Å². The Hall–Kier alpha value is -1.58.